The molecule has 0 spiro atoms. The van der Waals surface area contributed by atoms with Gasteiger partial charge in [-0.05, 0) is 49.7 Å². The third-order valence-corrected chi connectivity index (χ3v) is 3.81. The molecule has 17 heavy (non-hydrogen) atoms. The molecular formula is C14H17N3. The normalized spacial score (nSPS) is 19.1. The van der Waals surface area contributed by atoms with Gasteiger partial charge < -0.3 is 11.1 Å². The summed E-state index contributed by atoms with van der Waals surface area (Å²) >= 11 is 0. The summed E-state index contributed by atoms with van der Waals surface area (Å²) in [5.74, 6) is 1.65. The summed E-state index contributed by atoms with van der Waals surface area (Å²) in [6.45, 7) is 0. The molecule has 0 unspecified atom stereocenters. The molecule has 0 aromatic heterocycles. The molecule has 0 radical (unpaired) electrons. The van der Waals surface area contributed by atoms with Gasteiger partial charge in [0.15, 0.2) is 0 Å². The van der Waals surface area contributed by atoms with Crippen LogP contribution >= 0.6 is 0 Å². The second-order valence-corrected chi connectivity index (χ2v) is 5.22. The van der Waals surface area contributed by atoms with Crippen LogP contribution in [-0.2, 0) is 0 Å². The minimum atomic E-state index is 0.570. The van der Waals surface area contributed by atoms with Gasteiger partial charge in [-0.2, -0.15) is 5.26 Å². The van der Waals surface area contributed by atoms with E-state index in [1.807, 2.05) is 12.1 Å². The van der Waals surface area contributed by atoms with Crippen molar-refractivity contribution in [1.82, 2.24) is 0 Å². The number of benzene rings is 1. The molecule has 1 aromatic carbocycles. The first-order chi connectivity index (χ1) is 8.29. The van der Waals surface area contributed by atoms with E-state index in [0.717, 1.165) is 17.5 Å². The van der Waals surface area contributed by atoms with Crippen LogP contribution in [0.1, 0.15) is 31.2 Å². The highest BCUT2D eigenvalue weighted by atomic mass is 15.0. The first-order valence-electron chi connectivity index (χ1n) is 6.34. The van der Waals surface area contributed by atoms with Crippen molar-refractivity contribution < 1.29 is 0 Å². The van der Waals surface area contributed by atoms with Crippen LogP contribution in [0.15, 0.2) is 18.2 Å². The van der Waals surface area contributed by atoms with Gasteiger partial charge in [-0.15, -0.1) is 0 Å². The number of anilines is 2. The summed E-state index contributed by atoms with van der Waals surface area (Å²) in [5.41, 5.74) is 8.10. The number of rotatable bonds is 4. The zero-order valence-electron chi connectivity index (χ0n) is 9.82. The summed E-state index contributed by atoms with van der Waals surface area (Å²) in [5, 5.41) is 12.5. The summed E-state index contributed by atoms with van der Waals surface area (Å²) in [6, 6.07) is 8.35. The lowest BCUT2D eigenvalue weighted by molar-refractivity contribution is 0.568. The summed E-state index contributed by atoms with van der Waals surface area (Å²) < 4.78 is 0. The lowest BCUT2D eigenvalue weighted by atomic mass is 10.1. The Morgan fingerprint density at radius 3 is 2.41 bits per heavy atom. The molecule has 2 aliphatic carbocycles. The lowest BCUT2D eigenvalue weighted by Crippen LogP contribution is -2.24. The topological polar surface area (TPSA) is 61.8 Å². The molecule has 0 saturated heterocycles. The molecule has 3 N–H and O–H groups in total. The molecule has 3 heteroatoms. The summed E-state index contributed by atoms with van der Waals surface area (Å²) in [4.78, 5) is 0. The Hall–Kier alpha value is -1.69. The minimum absolute atomic E-state index is 0.570. The molecule has 0 bridgehead atoms. The van der Waals surface area contributed by atoms with Gasteiger partial charge in [0.2, 0.25) is 0 Å². The first kappa shape index (κ1) is 10.5. The molecule has 3 rings (SSSR count). The molecular weight excluding hydrogens is 210 g/mol. The van der Waals surface area contributed by atoms with Crippen LogP contribution in [0.5, 0.6) is 0 Å². The molecule has 0 amide bonds. The summed E-state index contributed by atoms with van der Waals surface area (Å²) in [6.07, 6.45) is 5.36. The smallest absolute Gasteiger partial charge is 0.101 e. The Bertz CT molecular complexity index is 455. The predicted molar refractivity (Wildman–Crippen MR) is 68.4 cm³/mol. The number of nitrogen functional groups attached to an aromatic ring is 1. The number of nitrogens with zero attached hydrogens (tertiary/aromatic N) is 1. The van der Waals surface area contributed by atoms with Gasteiger partial charge in [-0.25, -0.2) is 0 Å². The number of nitrogens with one attached hydrogen (secondary N) is 1. The SMILES string of the molecule is N#Cc1cccc(NC(C2CC2)C2CC2)c1N. The van der Waals surface area contributed by atoms with Gasteiger partial charge in [0, 0.05) is 6.04 Å². The number of nitriles is 1. The zero-order chi connectivity index (χ0) is 11.8. The monoisotopic (exact) mass is 227 g/mol. The molecule has 1 aromatic rings. The van der Waals surface area contributed by atoms with E-state index in [4.69, 9.17) is 11.0 Å². The Morgan fingerprint density at radius 1 is 1.24 bits per heavy atom. The predicted octanol–water partition coefficient (Wildman–Crippen LogP) is 2.74. The summed E-state index contributed by atoms with van der Waals surface area (Å²) in [7, 11) is 0. The van der Waals surface area contributed by atoms with Gasteiger partial charge in [-0.1, -0.05) is 6.07 Å². The van der Waals surface area contributed by atoms with E-state index in [9.17, 15) is 0 Å². The fraction of sp³-hybridized carbons (Fsp3) is 0.500. The second kappa shape index (κ2) is 3.96. The van der Waals surface area contributed by atoms with Crippen LogP contribution in [0.2, 0.25) is 0 Å². The van der Waals surface area contributed by atoms with E-state index in [1.165, 1.54) is 25.7 Å². The van der Waals surface area contributed by atoms with E-state index < -0.39 is 0 Å². The van der Waals surface area contributed by atoms with Crippen LogP contribution in [-0.4, -0.2) is 6.04 Å². The van der Waals surface area contributed by atoms with Gasteiger partial charge in [0.05, 0.1) is 16.9 Å². The maximum Gasteiger partial charge on any atom is 0.101 e. The average molecular weight is 227 g/mol. The molecule has 88 valence electrons. The van der Waals surface area contributed by atoms with Crippen LogP contribution < -0.4 is 11.1 Å². The van der Waals surface area contributed by atoms with Gasteiger partial charge in [0.1, 0.15) is 6.07 Å². The Balaban J connectivity index is 1.81. The third kappa shape index (κ3) is 2.08. The zero-order valence-corrected chi connectivity index (χ0v) is 9.82. The molecule has 2 saturated carbocycles. The number of hydrogen-bond acceptors (Lipinski definition) is 3. The Kier molecular flexibility index (Phi) is 2.44. The molecule has 2 fully saturated rings. The standard InChI is InChI=1S/C14H17N3/c15-8-11-2-1-3-12(13(11)16)17-14(9-4-5-9)10-6-7-10/h1-3,9-10,14,17H,4-7,16H2. The largest absolute Gasteiger partial charge is 0.396 e. The van der Waals surface area contributed by atoms with E-state index >= 15 is 0 Å². The van der Waals surface area contributed by atoms with Crippen LogP contribution in [0.25, 0.3) is 0 Å². The maximum atomic E-state index is 8.96. The Labute approximate surface area is 102 Å². The highest BCUT2D eigenvalue weighted by Gasteiger charge is 2.41. The fourth-order valence-electron chi connectivity index (χ4n) is 2.50. The van der Waals surface area contributed by atoms with E-state index in [-0.39, 0.29) is 0 Å². The average Bonchev–Trinajstić information content (AvgIpc) is 3.19. The molecule has 0 atom stereocenters. The number of nitrogens with two attached hydrogens (primary N) is 1. The third-order valence-electron chi connectivity index (χ3n) is 3.81. The van der Waals surface area contributed by atoms with Crippen molar-refractivity contribution in [3.8, 4) is 6.07 Å². The molecule has 0 aliphatic heterocycles. The number of hydrogen-bond donors (Lipinski definition) is 2. The first-order valence-corrected chi connectivity index (χ1v) is 6.34. The van der Waals surface area contributed by atoms with E-state index in [0.29, 0.717) is 17.3 Å². The Morgan fingerprint density at radius 2 is 1.88 bits per heavy atom. The van der Waals surface area contributed by atoms with Crippen molar-refractivity contribution in [3.63, 3.8) is 0 Å². The van der Waals surface area contributed by atoms with Crippen molar-refractivity contribution in [3.05, 3.63) is 23.8 Å². The molecule has 0 heterocycles. The van der Waals surface area contributed by atoms with Crippen molar-refractivity contribution in [1.29, 1.82) is 5.26 Å². The van der Waals surface area contributed by atoms with Crippen molar-refractivity contribution in [2.75, 3.05) is 11.1 Å². The van der Waals surface area contributed by atoms with Crippen molar-refractivity contribution in [2.24, 2.45) is 11.8 Å². The number of para-hydroxylation sites is 1. The lowest BCUT2D eigenvalue weighted by Gasteiger charge is -2.20. The maximum absolute atomic E-state index is 8.96. The highest BCUT2D eigenvalue weighted by molar-refractivity contribution is 5.73. The van der Waals surface area contributed by atoms with Crippen LogP contribution in [0.4, 0.5) is 11.4 Å². The van der Waals surface area contributed by atoms with Crippen molar-refractivity contribution >= 4 is 11.4 Å². The van der Waals surface area contributed by atoms with E-state index in [2.05, 4.69) is 11.4 Å². The highest BCUT2D eigenvalue weighted by Crippen LogP contribution is 2.46. The van der Waals surface area contributed by atoms with Gasteiger partial charge >= 0.3 is 0 Å². The fourth-order valence-corrected chi connectivity index (χ4v) is 2.50. The van der Waals surface area contributed by atoms with Gasteiger partial charge in [-0.3, -0.25) is 0 Å². The van der Waals surface area contributed by atoms with Gasteiger partial charge in [0.25, 0.3) is 0 Å². The van der Waals surface area contributed by atoms with Crippen LogP contribution in [0.3, 0.4) is 0 Å². The molecule has 3 nitrogen and oxygen atoms in total. The second-order valence-electron chi connectivity index (χ2n) is 5.22. The minimum Gasteiger partial charge on any atom is -0.396 e. The van der Waals surface area contributed by atoms with E-state index in [1.54, 1.807) is 6.07 Å². The van der Waals surface area contributed by atoms with Crippen molar-refractivity contribution in [2.45, 2.75) is 31.7 Å². The molecule has 2 aliphatic rings. The van der Waals surface area contributed by atoms with Crippen LogP contribution in [0, 0.1) is 23.2 Å². The quantitative estimate of drug-likeness (QED) is 0.777.